The number of aromatic hydroxyl groups is 1. The first-order valence-electron chi connectivity index (χ1n) is 15.1. The smallest absolute Gasteiger partial charge is 0.335 e. The number of carbonyl (C=O) groups excluding carboxylic acids is 4. The minimum Gasteiger partial charge on any atom is -0.504 e. The van der Waals surface area contributed by atoms with Crippen molar-refractivity contribution in [2.24, 2.45) is 17.8 Å². The first kappa shape index (κ1) is 34.4. The zero-order valence-electron chi connectivity index (χ0n) is 25.7. The summed E-state index contributed by atoms with van der Waals surface area (Å²) in [4.78, 5) is 63.1. The van der Waals surface area contributed by atoms with Gasteiger partial charge in [-0.1, -0.05) is 29.8 Å². The number of hydrogen-bond acceptors (Lipinski definition) is 7. The van der Waals surface area contributed by atoms with Gasteiger partial charge in [-0.15, -0.1) is 23.2 Å². The van der Waals surface area contributed by atoms with Crippen LogP contribution in [0, 0.1) is 46.8 Å². The second kappa shape index (κ2) is 11.5. The number of carboxylic acids is 1. The summed E-state index contributed by atoms with van der Waals surface area (Å²) in [5.41, 5.74) is -2.35. The van der Waals surface area contributed by atoms with Crippen LogP contribution >= 0.6 is 23.2 Å². The number of benzene rings is 3. The Morgan fingerprint density at radius 2 is 1.49 bits per heavy atom. The summed E-state index contributed by atoms with van der Waals surface area (Å²) in [7, 11) is 1.20. The van der Waals surface area contributed by atoms with Crippen molar-refractivity contribution in [3.63, 3.8) is 0 Å². The molecule has 2 aliphatic carbocycles. The first-order chi connectivity index (χ1) is 24.0. The van der Waals surface area contributed by atoms with E-state index >= 15 is 8.78 Å². The number of hydrogen-bond donors (Lipinski definition) is 2. The molecule has 10 nitrogen and oxygen atoms in total. The molecule has 7 rings (SSSR count). The Morgan fingerprint density at radius 3 is 2.12 bits per heavy atom. The average molecular weight is 751 g/mol. The lowest BCUT2D eigenvalue weighted by Crippen LogP contribution is -2.60. The van der Waals surface area contributed by atoms with Gasteiger partial charge < -0.3 is 14.9 Å². The molecule has 1 saturated carbocycles. The van der Waals surface area contributed by atoms with E-state index in [1.807, 2.05) is 0 Å². The van der Waals surface area contributed by atoms with Gasteiger partial charge in [0.1, 0.15) is 5.69 Å². The largest absolute Gasteiger partial charge is 0.504 e. The van der Waals surface area contributed by atoms with Gasteiger partial charge in [0.15, 0.2) is 44.5 Å². The van der Waals surface area contributed by atoms with Crippen molar-refractivity contribution in [1.82, 2.24) is 0 Å². The predicted molar refractivity (Wildman–Crippen MR) is 167 cm³/mol. The number of nitrogens with zero attached hydrogens (tertiary/aromatic N) is 2. The number of para-hydroxylation sites is 1. The lowest BCUT2D eigenvalue weighted by Gasteiger charge is -2.50. The summed E-state index contributed by atoms with van der Waals surface area (Å²) >= 11 is 14.2. The van der Waals surface area contributed by atoms with Gasteiger partial charge in [0.05, 0.1) is 30.2 Å². The third-order valence-electron chi connectivity index (χ3n) is 10.1. The number of carbonyl (C=O) groups is 5. The van der Waals surface area contributed by atoms with Gasteiger partial charge in [-0.2, -0.15) is 0 Å². The van der Waals surface area contributed by atoms with Crippen LogP contribution in [0.5, 0.6) is 11.5 Å². The Bertz CT molecular complexity index is 2150. The minimum absolute atomic E-state index is 0.0736. The first-order valence-corrected chi connectivity index (χ1v) is 15.8. The number of phenols is 1. The monoisotopic (exact) mass is 750 g/mol. The number of aromatic carboxylic acids is 1. The summed E-state index contributed by atoms with van der Waals surface area (Å²) in [6.07, 6.45) is 0.533. The summed E-state index contributed by atoms with van der Waals surface area (Å²) < 4.78 is 78.5. The molecule has 0 spiro atoms. The van der Waals surface area contributed by atoms with Crippen LogP contribution in [-0.2, 0) is 19.2 Å². The van der Waals surface area contributed by atoms with Gasteiger partial charge in [-0.3, -0.25) is 24.1 Å². The second-order valence-corrected chi connectivity index (χ2v) is 13.7. The van der Waals surface area contributed by atoms with Crippen molar-refractivity contribution in [3.05, 3.63) is 94.3 Å². The van der Waals surface area contributed by atoms with Crippen molar-refractivity contribution >= 4 is 64.2 Å². The number of anilines is 2. The Morgan fingerprint density at radius 1 is 0.863 bits per heavy atom. The lowest BCUT2D eigenvalue weighted by molar-refractivity contribution is -0.125. The van der Waals surface area contributed by atoms with Crippen LogP contribution in [0.1, 0.15) is 34.7 Å². The Kier molecular flexibility index (Phi) is 7.76. The number of carboxylic acid groups (broad SMARTS) is 1. The molecule has 2 heterocycles. The third-order valence-corrected chi connectivity index (χ3v) is 11.5. The Balaban J connectivity index is 1.44. The number of phenolic OH excluding ortho intramolecular Hbond substituents is 1. The predicted octanol–water partition coefficient (Wildman–Crippen LogP) is 5.56. The van der Waals surface area contributed by atoms with Gasteiger partial charge >= 0.3 is 5.97 Å². The van der Waals surface area contributed by atoms with Crippen molar-refractivity contribution in [3.8, 4) is 11.5 Å². The molecular formula is C34H21Cl2F5N2O8. The maximum atomic E-state index is 15.2. The SMILES string of the molecule is COc1cccc(C2C3=CCC4C(=O)N(c5cccc(C(=O)O)c5)C(=O)C4C3CC3(Cl)C(=O)N(c4c(F)c(F)c(F)c(F)c4F)C(=O)C23Cl)c1O. The van der Waals surface area contributed by atoms with E-state index in [1.165, 1.54) is 49.6 Å². The normalized spacial score (nSPS) is 28.4. The molecule has 3 fully saturated rings. The molecule has 6 atom stereocenters. The van der Waals surface area contributed by atoms with Crippen LogP contribution in [0.4, 0.5) is 33.3 Å². The van der Waals surface area contributed by atoms with E-state index in [-0.39, 0.29) is 39.5 Å². The fourth-order valence-electron chi connectivity index (χ4n) is 7.88. The highest BCUT2D eigenvalue weighted by molar-refractivity contribution is 6.58. The van der Waals surface area contributed by atoms with Crippen molar-refractivity contribution in [2.75, 3.05) is 16.9 Å². The van der Waals surface area contributed by atoms with Crippen LogP contribution in [0.15, 0.2) is 54.1 Å². The maximum Gasteiger partial charge on any atom is 0.335 e. The molecule has 3 aromatic carbocycles. The molecule has 2 N–H and O–H groups in total. The van der Waals surface area contributed by atoms with Gasteiger partial charge in [-0.25, -0.2) is 31.6 Å². The highest BCUT2D eigenvalue weighted by atomic mass is 35.5. The van der Waals surface area contributed by atoms with E-state index in [0.717, 1.165) is 11.0 Å². The summed E-state index contributed by atoms with van der Waals surface area (Å²) in [6.45, 7) is 0. The molecule has 0 radical (unpaired) electrons. The van der Waals surface area contributed by atoms with Crippen LogP contribution < -0.4 is 14.5 Å². The highest BCUT2D eigenvalue weighted by Crippen LogP contribution is 2.67. The number of halogens is 7. The molecule has 264 valence electrons. The zero-order valence-corrected chi connectivity index (χ0v) is 27.2. The average Bonchev–Trinajstić information content (AvgIpc) is 3.45. The highest BCUT2D eigenvalue weighted by Gasteiger charge is 2.77. The van der Waals surface area contributed by atoms with E-state index in [2.05, 4.69) is 0 Å². The zero-order chi connectivity index (χ0) is 37.1. The molecule has 0 aromatic heterocycles. The number of fused-ring (bicyclic) bond motifs is 4. The van der Waals surface area contributed by atoms with Crippen LogP contribution in [0.3, 0.4) is 0 Å². The molecular weight excluding hydrogens is 730 g/mol. The number of amides is 4. The van der Waals surface area contributed by atoms with E-state index in [0.29, 0.717) is 0 Å². The molecule has 4 aliphatic rings. The van der Waals surface area contributed by atoms with Crippen LogP contribution in [0.2, 0.25) is 0 Å². The maximum absolute atomic E-state index is 15.2. The van der Waals surface area contributed by atoms with Gasteiger partial charge in [-0.05, 0) is 43.0 Å². The molecule has 4 amide bonds. The quantitative estimate of drug-likeness (QED) is 0.0863. The molecule has 2 aliphatic heterocycles. The van der Waals surface area contributed by atoms with E-state index in [9.17, 15) is 47.4 Å². The van der Waals surface area contributed by atoms with E-state index < -0.39 is 110 Å². The standard InChI is InChI=1S/C34H21Cl2F5N2O8/c1-51-18-7-3-6-16(27(18)44)20-14-8-9-15-19(29(46)42(28(15)45)13-5-2-4-12(10-13)30(47)48)17(14)11-33(35)31(49)43(32(50)34(20,33)36)26-24(40)22(38)21(37)23(39)25(26)41/h2-8,10,15,17,19-20,44H,9,11H2,1H3,(H,47,48). The number of methoxy groups -OCH3 is 1. The van der Waals surface area contributed by atoms with E-state index in [4.69, 9.17) is 27.9 Å². The summed E-state index contributed by atoms with van der Waals surface area (Å²) in [5, 5.41) is 20.8. The number of allylic oxidation sites excluding steroid dienone is 2. The number of rotatable bonds is 5. The molecule has 2 saturated heterocycles. The number of alkyl halides is 2. The van der Waals surface area contributed by atoms with Crippen LogP contribution in [0.25, 0.3) is 0 Å². The minimum atomic E-state index is -2.84. The van der Waals surface area contributed by atoms with Gasteiger partial charge in [0.2, 0.25) is 17.6 Å². The number of imide groups is 2. The Hall–Kier alpha value is -5.02. The third kappa shape index (κ3) is 4.36. The fraction of sp³-hybridized carbons (Fsp3) is 0.265. The summed E-state index contributed by atoms with van der Waals surface area (Å²) in [6, 6.07) is 8.96. The molecule has 51 heavy (non-hydrogen) atoms. The molecule has 17 heteroatoms. The van der Waals surface area contributed by atoms with Crippen molar-refractivity contribution < 1.29 is 60.9 Å². The lowest BCUT2D eigenvalue weighted by atomic mass is 9.56. The van der Waals surface area contributed by atoms with Gasteiger partial charge in [0, 0.05) is 11.5 Å². The van der Waals surface area contributed by atoms with Crippen molar-refractivity contribution in [2.45, 2.75) is 28.5 Å². The molecule has 6 unspecified atom stereocenters. The number of ether oxygens (including phenoxy) is 1. The van der Waals surface area contributed by atoms with Gasteiger partial charge in [0.25, 0.3) is 11.8 Å². The second-order valence-electron chi connectivity index (χ2n) is 12.5. The van der Waals surface area contributed by atoms with E-state index in [1.54, 1.807) is 0 Å². The topological polar surface area (TPSA) is 142 Å². The van der Waals surface area contributed by atoms with Crippen LogP contribution in [-0.4, -0.2) is 56.7 Å². The Labute approximate surface area is 293 Å². The fourth-order valence-corrected chi connectivity index (χ4v) is 8.81. The molecule has 0 bridgehead atoms. The van der Waals surface area contributed by atoms with Crippen molar-refractivity contribution in [1.29, 1.82) is 0 Å². The molecule has 3 aromatic rings. The summed E-state index contributed by atoms with van der Waals surface area (Å²) in [5.74, 6) is -25.0.